The number of fused-ring (bicyclic) bond motifs is 1. The van der Waals surface area contributed by atoms with Crippen molar-refractivity contribution in [1.29, 1.82) is 0 Å². The van der Waals surface area contributed by atoms with Crippen LogP contribution in [-0.2, 0) is 22.5 Å². The van der Waals surface area contributed by atoms with Gasteiger partial charge < -0.3 is 9.47 Å². The number of thioether (sulfide) groups is 1. The molecule has 1 saturated heterocycles. The largest absolute Gasteiger partial charge is 0.444 e. The van der Waals surface area contributed by atoms with Crippen LogP contribution in [0.1, 0.15) is 56.2 Å². The summed E-state index contributed by atoms with van der Waals surface area (Å²) in [6.45, 7) is 6.77. The summed E-state index contributed by atoms with van der Waals surface area (Å²) in [5, 5.41) is 2.40. The van der Waals surface area contributed by atoms with Crippen LogP contribution in [0.15, 0.2) is 102 Å². The molecule has 1 amide bonds. The minimum Gasteiger partial charge on any atom is -0.444 e. The van der Waals surface area contributed by atoms with Gasteiger partial charge in [0.1, 0.15) is 11.8 Å². The summed E-state index contributed by atoms with van der Waals surface area (Å²) in [5.41, 5.74) is 3.21. The van der Waals surface area contributed by atoms with E-state index in [-0.39, 0.29) is 12.3 Å². The van der Waals surface area contributed by atoms with Crippen molar-refractivity contribution in [3.8, 4) is 0 Å². The van der Waals surface area contributed by atoms with Crippen LogP contribution < -0.4 is 0 Å². The summed E-state index contributed by atoms with van der Waals surface area (Å²) in [5.74, 6) is 1.38. The number of benzene rings is 4. The van der Waals surface area contributed by atoms with Gasteiger partial charge in [-0.2, -0.15) is 0 Å². The fourth-order valence-electron chi connectivity index (χ4n) is 5.20. The fraction of sp³-hybridized carbons (Fsp3) is 0.343. The lowest BCUT2D eigenvalue weighted by atomic mass is 9.88. The number of rotatable bonds is 8. The van der Waals surface area contributed by atoms with Crippen molar-refractivity contribution in [1.82, 2.24) is 4.90 Å². The summed E-state index contributed by atoms with van der Waals surface area (Å²) in [4.78, 5) is 16.2. The van der Waals surface area contributed by atoms with Gasteiger partial charge in [0.25, 0.3) is 0 Å². The third kappa shape index (κ3) is 7.67. The highest BCUT2D eigenvalue weighted by atomic mass is 32.2. The van der Waals surface area contributed by atoms with Gasteiger partial charge in [-0.1, -0.05) is 78.9 Å². The Kier molecular flexibility index (Phi) is 9.13. The molecule has 0 N–H and O–H groups in total. The number of hydrogen-bond donors (Lipinski definition) is 0. The number of nitrogens with zero attached hydrogens (tertiary/aromatic N) is 1. The van der Waals surface area contributed by atoms with Crippen LogP contribution in [0.5, 0.6) is 0 Å². The molecule has 0 bridgehead atoms. The molecule has 40 heavy (non-hydrogen) atoms. The Morgan fingerprint density at radius 3 is 2.33 bits per heavy atom. The Hall–Kier alpha value is -3.28. The number of carbonyl (C=O) groups is 1. The van der Waals surface area contributed by atoms with Crippen molar-refractivity contribution in [3.05, 3.63) is 114 Å². The first-order chi connectivity index (χ1) is 19.3. The van der Waals surface area contributed by atoms with Crippen LogP contribution in [0.25, 0.3) is 10.8 Å². The van der Waals surface area contributed by atoms with Crippen molar-refractivity contribution in [2.24, 2.45) is 0 Å². The van der Waals surface area contributed by atoms with Gasteiger partial charge in [-0.3, -0.25) is 4.90 Å². The van der Waals surface area contributed by atoms with Crippen molar-refractivity contribution in [2.45, 2.75) is 69.3 Å². The molecule has 1 aliphatic heterocycles. The molecule has 0 spiro atoms. The van der Waals surface area contributed by atoms with Crippen LogP contribution in [0, 0.1) is 0 Å². The highest BCUT2D eigenvalue weighted by Crippen LogP contribution is 2.34. The molecule has 1 heterocycles. The highest BCUT2D eigenvalue weighted by molar-refractivity contribution is 7.99. The Morgan fingerprint density at radius 2 is 1.57 bits per heavy atom. The maximum Gasteiger partial charge on any atom is 0.412 e. The average molecular weight is 554 g/mol. The Bertz CT molecular complexity index is 1400. The summed E-state index contributed by atoms with van der Waals surface area (Å²) < 4.78 is 12.2. The van der Waals surface area contributed by atoms with E-state index in [1.165, 1.54) is 26.8 Å². The highest BCUT2D eigenvalue weighted by Gasteiger charge is 2.35. The number of aryl methyl sites for hydroxylation is 1. The molecule has 1 fully saturated rings. The van der Waals surface area contributed by atoms with E-state index in [0.29, 0.717) is 19.1 Å². The zero-order valence-electron chi connectivity index (χ0n) is 23.7. The molecule has 0 saturated carbocycles. The molecule has 2 unspecified atom stereocenters. The lowest BCUT2D eigenvalue weighted by molar-refractivity contribution is -0.0937. The van der Waals surface area contributed by atoms with Crippen LogP contribution in [0.3, 0.4) is 0 Å². The summed E-state index contributed by atoms with van der Waals surface area (Å²) in [7, 11) is 0. The standard InChI is InChI=1S/C35H39NO3S/c1-35(2,3)39-34(37)36-21-19-31(24-33(36)38-25-27-15-18-28-9-7-8-10-30(28)23-27)29-16-13-26(14-17-29)20-22-40-32-11-5-4-6-12-32/h4-18,23,31,33H,19-22,24-25H2,1-3H3. The van der Waals surface area contributed by atoms with Crippen LogP contribution in [-0.4, -0.2) is 35.1 Å². The number of ether oxygens (including phenoxy) is 2. The van der Waals surface area contributed by atoms with Gasteiger partial charge in [0.05, 0.1) is 6.61 Å². The second kappa shape index (κ2) is 12.9. The van der Waals surface area contributed by atoms with E-state index >= 15 is 0 Å². The first-order valence-electron chi connectivity index (χ1n) is 14.2. The number of likely N-dealkylation sites (tertiary alicyclic amines) is 1. The number of amides is 1. The van der Waals surface area contributed by atoms with Gasteiger partial charge in [0.2, 0.25) is 0 Å². The quantitative estimate of drug-likeness (QED) is 0.204. The molecule has 4 nitrogen and oxygen atoms in total. The van der Waals surface area contributed by atoms with E-state index < -0.39 is 5.60 Å². The fourth-order valence-corrected chi connectivity index (χ4v) is 6.12. The van der Waals surface area contributed by atoms with E-state index in [1.54, 1.807) is 4.90 Å². The SMILES string of the molecule is CC(C)(C)OC(=O)N1CCC(c2ccc(CCSc3ccccc3)cc2)CC1OCc1ccc2ccccc2c1. The zero-order valence-corrected chi connectivity index (χ0v) is 24.5. The van der Waals surface area contributed by atoms with Gasteiger partial charge in [-0.05, 0) is 91.6 Å². The number of hydrogen-bond acceptors (Lipinski definition) is 4. The zero-order chi connectivity index (χ0) is 28.0. The van der Waals surface area contributed by atoms with Crippen LogP contribution in [0.2, 0.25) is 0 Å². The van der Waals surface area contributed by atoms with Gasteiger partial charge in [-0.15, -0.1) is 11.8 Å². The predicted molar refractivity (Wildman–Crippen MR) is 165 cm³/mol. The van der Waals surface area contributed by atoms with Gasteiger partial charge in [0, 0.05) is 17.2 Å². The second-order valence-electron chi connectivity index (χ2n) is 11.5. The molecular formula is C35H39NO3S. The van der Waals surface area contributed by atoms with E-state index in [1.807, 2.05) is 32.5 Å². The smallest absolute Gasteiger partial charge is 0.412 e. The van der Waals surface area contributed by atoms with E-state index in [9.17, 15) is 4.79 Å². The van der Waals surface area contributed by atoms with E-state index in [2.05, 4.69) is 97.1 Å². The topological polar surface area (TPSA) is 38.8 Å². The Labute approximate surface area is 242 Å². The van der Waals surface area contributed by atoms with Crippen LogP contribution in [0.4, 0.5) is 4.79 Å². The maximum absolute atomic E-state index is 13.1. The lowest BCUT2D eigenvalue weighted by Crippen LogP contribution is -2.48. The molecular weight excluding hydrogens is 514 g/mol. The van der Waals surface area contributed by atoms with Gasteiger partial charge in [0.15, 0.2) is 0 Å². The monoisotopic (exact) mass is 553 g/mol. The first kappa shape index (κ1) is 28.3. The third-order valence-corrected chi connectivity index (χ3v) is 8.30. The van der Waals surface area contributed by atoms with Crippen LogP contribution >= 0.6 is 11.8 Å². The number of carbonyl (C=O) groups excluding carboxylic acids is 1. The first-order valence-corrected chi connectivity index (χ1v) is 15.2. The van der Waals surface area contributed by atoms with Crippen molar-refractivity contribution in [2.75, 3.05) is 12.3 Å². The molecule has 208 valence electrons. The van der Waals surface area contributed by atoms with Crippen molar-refractivity contribution in [3.63, 3.8) is 0 Å². The van der Waals surface area contributed by atoms with Gasteiger partial charge in [-0.25, -0.2) is 4.79 Å². The summed E-state index contributed by atoms with van der Waals surface area (Å²) in [6, 6.07) is 34.3. The van der Waals surface area contributed by atoms with Crippen molar-refractivity contribution >= 4 is 28.6 Å². The van der Waals surface area contributed by atoms with E-state index in [4.69, 9.17) is 9.47 Å². The van der Waals surface area contributed by atoms with Crippen molar-refractivity contribution < 1.29 is 14.3 Å². The molecule has 5 heteroatoms. The normalized spacial score (nSPS) is 17.6. The molecule has 0 radical (unpaired) electrons. The molecule has 4 aromatic rings. The predicted octanol–water partition coefficient (Wildman–Crippen LogP) is 8.83. The van der Waals surface area contributed by atoms with E-state index in [0.717, 1.165) is 30.6 Å². The molecule has 5 rings (SSSR count). The average Bonchev–Trinajstić information content (AvgIpc) is 2.96. The lowest BCUT2D eigenvalue weighted by Gasteiger charge is -2.39. The Balaban J connectivity index is 1.24. The maximum atomic E-state index is 13.1. The number of piperidine rings is 1. The Morgan fingerprint density at radius 1 is 0.875 bits per heavy atom. The summed E-state index contributed by atoms with van der Waals surface area (Å²) in [6.07, 6.45) is 2.02. The molecule has 0 aliphatic carbocycles. The second-order valence-corrected chi connectivity index (χ2v) is 12.7. The molecule has 0 aromatic heterocycles. The minimum atomic E-state index is -0.550. The minimum absolute atomic E-state index is 0.305. The molecule has 1 aliphatic rings. The molecule has 4 aromatic carbocycles. The summed E-state index contributed by atoms with van der Waals surface area (Å²) >= 11 is 1.89. The van der Waals surface area contributed by atoms with Gasteiger partial charge >= 0.3 is 6.09 Å². The third-order valence-electron chi connectivity index (χ3n) is 7.29. The molecule has 2 atom stereocenters.